The Kier molecular flexibility index (Phi) is 2.15. The van der Waals surface area contributed by atoms with Crippen molar-refractivity contribution in [1.82, 2.24) is 4.98 Å². The molecule has 0 saturated heterocycles. The van der Waals surface area contributed by atoms with Gasteiger partial charge in [0.1, 0.15) is 13.9 Å². The summed E-state index contributed by atoms with van der Waals surface area (Å²) in [4.78, 5) is 4.15. The molecule has 0 radical (unpaired) electrons. The average Bonchev–Trinajstić information content (AvgIpc) is 2.20. The van der Waals surface area contributed by atoms with Gasteiger partial charge in [0.25, 0.3) is 0 Å². The van der Waals surface area contributed by atoms with E-state index in [1.807, 2.05) is 32.1 Å². The predicted octanol–water partition coefficient (Wildman–Crippen LogP) is 1.02. The molecule has 0 aliphatic carbocycles. The molecule has 66 valence electrons. The fourth-order valence-electron chi connectivity index (χ4n) is 1.35. The van der Waals surface area contributed by atoms with E-state index in [4.69, 9.17) is 16.9 Å². The van der Waals surface area contributed by atoms with Crippen molar-refractivity contribution >= 4 is 35.8 Å². The molecule has 0 saturated carbocycles. The summed E-state index contributed by atoms with van der Waals surface area (Å²) in [6.45, 7) is 0. The Morgan fingerprint density at radius 1 is 1.43 bits per heavy atom. The van der Waals surface area contributed by atoms with Gasteiger partial charge in [0.15, 0.2) is 0 Å². The third-order valence-corrected chi connectivity index (χ3v) is 2.49. The highest BCUT2D eigenvalue weighted by atomic mass is 35.5. The first-order valence-corrected chi connectivity index (χ1v) is 4.55. The first-order chi connectivity index (χ1) is 6.72. The van der Waals surface area contributed by atoms with Gasteiger partial charge in [-0.1, -0.05) is 29.2 Å². The Morgan fingerprint density at radius 2 is 2.21 bits per heavy atom. The van der Waals surface area contributed by atoms with Gasteiger partial charge in [-0.3, -0.25) is 4.98 Å². The second-order valence-electron chi connectivity index (χ2n) is 3.12. The maximum atomic E-state index is 8.77. The molecule has 1 aromatic carbocycles. The SMILES string of the molecule is Bc1ccc2ncc(C#N)c(Cl)c2c1. The Balaban J connectivity index is 2.88. The maximum Gasteiger partial charge on any atom is 0.139 e. The van der Waals surface area contributed by atoms with E-state index in [-0.39, 0.29) is 0 Å². The Morgan fingerprint density at radius 3 is 2.93 bits per heavy atom. The summed E-state index contributed by atoms with van der Waals surface area (Å²) in [5.74, 6) is 0. The third kappa shape index (κ3) is 1.34. The molecule has 2 aromatic rings. The number of nitrogens with zero attached hydrogens (tertiary/aromatic N) is 2. The zero-order chi connectivity index (χ0) is 10.1. The standard InChI is InChI=1S/C10H6BClN2/c11-7-1-2-9-8(3-7)10(12)6(4-13)5-14-9/h1-3,5H,11H2. The summed E-state index contributed by atoms with van der Waals surface area (Å²) < 4.78 is 0. The lowest BCUT2D eigenvalue weighted by molar-refractivity contribution is 1.37. The lowest BCUT2D eigenvalue weighted by atomic mass is 9.94. The number of pyridine rings is 1. The highest BCUT2D eigenvalue weighted by Crippen LogP contribution is 2.23. The van der Waals surface area contributed by atoms with Crippen LogP contribution in [-0.4, -0.2) is 12.8 Å². The van der Waals surface area contributed by atoms with Crippen LogP contribution in [0.5, 0.6) is 0 Å². The number of nitriles is 1. The van der Waals surface area contributed by atoms with Crippen molar-refractivity contribution in [3.05, 3.63) is 35.0 Å². The highest BCUT2D eigenvalue weighted by molar-refractivity contribution is 6.38. The van der Waals surface area contributed by atoms with Crippen molar-refractivity contribution in [3.63, 3.8) is 0 Å². The molecule has 0 atom stereocenters. The quantitative estimate of drug-likeness (QED) is 0.595. The van der Waals surface area contributed by atoms with Gasteiger partial charge in [-0.25, -0.2) is 0 Å². The number of halogens is 1. The van der Waals surface area contributed by atoms with Crippen LogP contribution in [0.1, 0.15) is 5.56 Å². The molecule has 14 heavy (non-hydrogen) atoms. The van der Waals surface area contributed by atoms with E-state index in [2.05, 4.69) is 4.98 Å². The molecule has 1 heterocycles. The van der Waals surface area contributed by atoms with Gasteiger partial charge in [0.05, 0.1) is 16.1 Å². The summed E-state index contributed by atoms with van der Waals surface area (Å²) in [5.41, 5.74) is 2.35. The summed E-state index contributed by atoms with van der Waals surface area (Å²) in [6.07, 6.45) is 1.50. The van der Waals surface area contributed by atoms with Crippen molar-refractivity contribution < 1.29 is 0 Å². The fraction of sp³-hybridized carbons (Fsp3) is 0. The van der Waals surface area contributed by atoms with Gasteiger partial charge in [-0.05, 0) is 6.07 Å². The number of aromatic nitrogens is 1. The van der Waals surface area contributed by atoms with Crippen molar-refractivity contribution in [2.75, 3.05) is 0 Å². The molecular weight excluding hydrogens is 194 g/mol. The third-order valence-electron chi connectivity index (χ3n) is 2.08. The van der Waals surface area contributed by atoms with Crippen LogP contribution in [0.25, 0.3) is 10.9 Å². The fourth-order valence-corrected chi connectivity index (χ4v) is 1.59. The molecule has 0 bridgehead atoms. The predicted molar refractivity (Wildman–Crippen MR) is 59.6 cm³/mol. The molecule has 0 amide bonds. The van der Waals surface area contributed by atoms with Gasteiger partial charge in [0.2, 0.25) is 0 Å². The Hall–Kier alpha value is -1.53. The molecule has 0 unspecified atom stereocenters. The molecule has 0 spiro atoms. The van der Waals surface area contributed by atoms with E-state index in [9.17, 15) is 0 Å². The van der Waals surface area contributed by atoms with Crippen LogP contribution in [0, 0.1) is 11.3 Å². The largest absolute Gasteiger partial charge is 0.255 e. The monoisotopic (exact) mass is 200 g/mol. The molecule has 0 aliphatic rings. The summed E-state index contributed by atoms with van der Waals surface area (Å²) >= 11 is 6.05. The molecular formula is C10H6BClN2. The molecule has 0 fully saturated rings. The zero-order valence-corrected chi connectivity index (χ0v) is 8.34. The first-order valence-electron chi connectivity index (χ1n) is 4.17. The maximum absolute atomic E-state index is 8.77. The average molecular weight is 200 g/mol. The van der Waals surface area contributed by atoms with Crippen LogP contribution < -0.4 is 5.46 Å². The molecule has 4 heteroatoms. The highest BCUT2D eigenvalue weighted by Gasteiger charge is 2.05. The minimum Gasteiger partial charge on any atom is -0.255 e. The van der Waals surface area contributed by atoms with E-state index in [0.717, 1.165) is 16.4 Å². The van der Waals surface area contributed by atoms with Crippen LogP contribution in [-0.2, 0) is 0 Å². The number of benzene rings is 1. The minimum absolute atomic E-state index is 0.421. The lowest BCUT2D eigenvalue weighted by Crippen LogP contribution is -2.00. The summed E-state index contributed by atoms with van der Waals surface area (Å²) in [5, 5.41) is 10.1. The first kappa shape index (κ1) is 9.05. The van der Waals surface area contributed by atoms with E-state index < -0.39 is 0 Å². The molecule has 1 aromatic heterocycles. The topological polar surface area (TPSA) is 36.7 Å². The lowest BCUT2D eigenvalue weighted by Gasteiger charge is -2.02. The summed E-state index contributed by atoms with van der Waals surface area (Å²) in [6, 6.07) is 7.82. The van der Waals surface area contributed by atoms with Gasteiger partial charge < -0.3 is 0 Å². The van der Waals surface area contributed by atoms with Gasteiger partial charge >= 0.3 is 0 Å². The van der Waals surface area contributed by atoms with Crippen LogP contribution in [0.3, 0.4) is 0 Å². The van der Waals surface area contributed by atoms with Crippen molar-refractivity contribution in [2.24, 2.45) is 0 Å². The van der Waals surface area contributed by atoms with Crippen molar-refractivity contribution in [3.8, 4) is 6.07 Å². The second-order valence-corrected chi connectivity index (χ2v) is 3.50. The Bertz CT molecular complexity index is 546. The summed E-state index contributed by atoms with van der Waals surface area (Å²) in [7, 11) is 1.98. The van der Waals surface area contributed by atoms with E-state index in [1.165, 1.54) is 6.20 Å². The number of fused-ring (bicyclic) bond motifs is 1. The van der Waals surface area contributed by atoms with Gasteiger partial charge in [-0.15, -0.1) is 0 Å². The normalized spacial score (nSPS) is 10.0. The minimum atomic E-state index is 0.421. The van der Waals surface area contributed by atoms with Crippen LogP contribution >= 0.6 is 11.6 Å². The van der Waals surface area contributed by atoms with E-state index in [0.29, 0.717) is 10.6 Å². The molecule has 2 rings (SSSR count). The van der Waals surface area contributed by atoms with Gasteiger partial charge in [0, 0.05) is 11.6 Å². The van der Waals surface area contributed by atoms with Crippen LogP contribution in [0.15, 0.2) is 24.4 Å². The van der Waals surface area contributed by atoms with E-state index in [1.54, 1.807) is 0 Å². The van der Waals surface area contributed by atoms with E-state index >= 15 is 0 Å². The molecule has 0 aliphatic heterocycles. The number of hydrogen-bond acceptors (Lipinski definition) is 2. The smallest absolute Gasteiger partial charge is 0.139 e. The zero-order valence-electron chi connectivity index (χ0n) is 7.58. The van der Waals surface area contributed by atoms with Crippen LogP contribution in [0.4, 0.5) is 0 Å². The van der Waals surface area contributed by atoms with Crippen molar-refractivity contribution in [2.45, 2.75) is 0 Å². The number of hydrogen-bond donors (Lipinski definition) is 0. The second kappa shape index (κ2) is 3.32. The molecule has 0 N–H and O–H groups in total. The van der Waals surface area contributed by atoms with Crippen molar-refractivity contribution in [1.29, 1.82) is 5.26 Å². The van der Waals surface area contributed by atoms with Gasteiger partial charge in [-0.2, -0.15) is 5.26 Å². The Labute approximate surface area is 87.5 Å². The molecule has 2 nitrogen and oxygen atoms in total. The van der Waals surface area contributed by atoms with Crippen LogP contribution in [0.2, 0.25) is 5.02 Å². The number of rotatable bonds is 0.